The van der Waals surface area contributed by atoms with Gasteiger partial charge < -0.3 is 4.90 Å². The molecule has 0 heterocycles. The number of benzene rings is 1. The van der Waals surface area contributed by atoms with Crippen LogP contribution in [0.5, 0.6) is 0 Å². The van der Waals surface area contributed by atoms with Crippen LogP contribution in [0, 0.1) is 5.39 Å². The van der Waals surface area contributed by atoms with Crippen molar-refractivity contribution in [1.82, 2.24) is 0 Å². The maximum Gasteiger partial charge on any atom is 1.00 e. The second kappa shape index (κ2) is 5.15. The Morgan fingerprint density at radius 2 is 1.67 bits per heavy atom. The van der Waals surface area contributed by atoms with Gasteiger partial charge in [0.2, 0.25) is 5.39 Å². The molecule has 0 bridgehead atoms. The number of hydrogen-bond donors (Lipinski definition) is 0. The molecule has 0 amide bonds. The average molecular weight is 171 g/mol. The summed E-state index contributed by atoms with van der Waals surface area (Å²) in [6.45, 7) is 0. The molecule has 56 valence electrons. The Labute approximate surface area is 94.3 Å². The summed E-state index contributed by atoms with van der Waals surface area (Å²) in [5.74, 6) is 0. The maximum absolute atomic E-state index is 8.38. The fourth-order valence-electron chi connectivity index (χ4n) is 0.817. The zero-order chi connectivity index (χ0) is 8.27. The fourth-order valence-corrected chi connectivity index (χ4v) is 0.817. The molecule has 0 spiro atoms. The molecule has 0 N–H and O–H groups in total. The summed E-state index contributed by atoms with van der Waals surface area (Å²) < 4.78 is 0. The Morgan fingerprint density at radius 1 is 1.17 bits per heavy atom. The van der Waals surface area contributed by atoms with Crippen molar-refractivity contribution < 1.29 is 29.6 Å². The number of anilines is 1. The van der Waals surface area contributed by atoms with E-state index in [4.69, 9.17) is 5.39 Å². The monoisotopic (exact) mass is 171 g/mol. The molecular formula is C8H10N3Na+2. The first-order valence-electron chi connectivity index (χ1n) is 3.36. The Hall–Kier alpha value is -0.560. The Kier molecular flexibility index (Phi) is 4.91. The summed E-state index contributed by atoms with van der Waals surface area (Å²) >= 11 is 0. The van der Waals surface area contributed by atoms with Crippen molar-refractivity contribution in [3.63, 3.8) is 0 Å². The summed E-state index contributed by atoms with van der Waals surface area (Å²) in [7, 11) is 3.93. The molecule has 12 heavy (non-hydrogen) atoms. The minimum absolute atomic E-state index is 0. The van der Waals surface area contributed by atoms with E-state index in [9.17, 15) is 0 Å². The zero-order valence-corrected chi connectivity index (χ0v) is 9.65. The van der Waals surface area contributed by atoms with Gasteiger partial charge in [-0.15, -0.1) is 0 Å². The molecule has 0 aliphatic rings. The van der Waals surface area contributed by atoms with E-state index in [0.29, 0.717) is 5.69 Å². The molecule has 3 nitrogen and oxygen atoms in total. The van der Waals surface area contributed by atoms with E-state index in [1.54, 1.807) is 12.1 Å². The molecule has 4 heteroatoms. The van der Waals surface area contributed by atoms with Gasteiger partial charge in [-0.2, -0.15) is 0 Å². The van der Waals surface area contributed by atoms with Gasteiger partial charge in [0.15, 0.2) is 4.98 Å². The van der Waals surface area contributed by atoms with Crippen molar-refractivity contribution in [2.75, 3.05) is 19.0 Å². The molecule has 0 aliphatic carbocycles. The Bertz CT molecular complexity index is 273. The van der Waals surface area contributed by atoms with Gasteiger partial charge in [-0.1, -0.05) is 0 Å². The van der Waals surface area contributed by atoms with E-state index >= 15 is 0 Å². The predicted octanol–water partition coefficient (Wildman–Crippen LogP) is -0.759. The van der Waals surface area contributed by atoms with Crippen LogP contribution < -0.4 is 34.5 Å². The normalized spacial score (nSPS) is 8.08. The van der Waals surface area contributed by atoms with Crippen molar-refractivity contribution in [3.8, 4) is 0 Å². The molecule has 0 aliphatic heterocycles. The van der Waals surface area contributed by atoms with Crippen LogP contribution in [0.25, 0.3) is 4.98 Å². The molecule has 0 saturated carbocycles. The van der Waals surface area contributed by atoms with Gasteiger partial charge >= 0.3 is 35.2 Å². The first kappa shape index (κ1) is 11.4. The van der Waals surface area contributed by atoms with Crippen molar-refractivity contribution in [3.05, 3.63) is 29.2 Å². The van der Waals surface area contributed by atoms with E-state index in [1.165, 1.54) is 0 Å². The molecule has 0 unspecified atom stereocenters. The topological polar surface area (TPSA) is 31.4 Å². The maximum atomic E-state index is 8.38. The molecule has 1 aromatic carbocycles. The van der Waals surface area contributed by atoms with E-state index < -0.39 is 0 Å². The third-order valence-corrected chi connectivity index (χ3v) is 1.48. The Morgan fingerprint density at radius 3 is 2.00 bits per heavy atom. The van der Waals surface area contributed by atoms with Crippen LogP contribution in [0.2, 0.25) is 0 Å². The van der Waals surface area contributed by atoms with Crippen LogP contribution in [0.1, 0.15) is 0 Å². The van der Waals surface area contributed by atoms with Gasteiger partial charge in [0.25, 0.3) is 0 Å². The average Bonchev–Trinajstić information content (AvgIpc) is 2.05. The van der Waals surface area contributed by atoms with E-state index in [2.05, 4.69) is 4.98 Å². The second-order valence-corrected chi connectivity index (χ2v) is 2.51. The van der Waals surface area contributed by atoms with Crippen LogP contribution >= 0.6 is 0 Å². The van der Waals surface area contributed by atoms with Crippen LogP contribution in [0.4, 0.5) is 11.4 Å². The summed E-state index contributed by atoms with van der Waals surface area (Å²) in [5, 5.41) is 8.38. The standard InChI is InChI=1S/C8H10N3.Na/c1-11(2)8-5-3-7(10-9)4-6-8;/h3-6H,1-2H3;/q2*+1. The molecular weight excluding hydrogens is 161 g/mol. The third kappa shape index (κ3) is 2.82. The minimum Gasteiger partial charge on any atom is -0.378 e. The number of diazo groups is 1. The molecule has 1 aromatic rings. The van der Waals surface area contributed by atoms with Crippen LogP contribution in [-0.2, 0) is 0 Å². The van der Waals surface area contributed by atoms with E-state index in [-0.39, 0.29) is 29.6 Å². The van der Waals surface area contributed by atoms with Gasteiger partial charge in [0.1, 0.15) is 0 Å². The smallest absolute Gasteiger partial charge is 0.378 e. The van der Waals surface area contributed by atoms with Gasteiger partial charge in [0.05, 0.1) is 0 Å². The zero-order valence-electron chi connectivity index (χ0n) is 7.65. The first-order valence-corrected chi connectivity index (χ1v) is 3.36. The number of rotatable bonds is 1. The summed E-state index contributed by atoms with van der Waals surface area (Å²) in [4.78, 5) is 5.04. The number of hydrogen-bond acceptors (Lipinski definition) is 2. The minimum atomic E-state index is 0. The van der Waals surface area contributed by atoms with Crippen molar-refractivity contribution in [2.24, 2.45) is 0 Å². The molecule has 0 aromatic heterocycles. The quantitative estimate of drug-likeness (QED) is 0.411. The fraction of sp³-hybridized carbons (Fsp3) is 0.250. The SMILES string of the molecule is CN(C)c1ccc([N+]#N)cc1.[Na+]. The first-order chi connectivity index (χ1) is 5.24. The van der Waals surface area contributed by atoms with Gasteiger partial charge in [-0.05, 0) is 12.1 Å². The molecule has 1 rings (SSSR count). The number of nitrogens with zero attached hydrogens (tertiary/aromatic N) is 3. The molecule has 0 radical (unpaired) electrons. The van der Waals surface area contributed by atoms with Crippen molar-refractivity contribution in [2.45, 2.75) is 0 Å². The van der Waals surface area contributed by atoms with Gasteiger partial charge in [-0.3, -0.25) is 0 Å². The summed E-state index contributed by atoms with van der Waals surface area (Å²) in [6, 6.07) is 7.31. The van der Waals surface area contributed by atoms with Crippen LogP contribution in [0.15, 0.2) is 24.3 Å². The Balaban J connectivity index is 0.00000121. The molecule has 0 fully saturated rings. The molecule has 0 atom stereocenters. The van der Waals surface area contributed by atoms with Crippen LogP contribution in [0.3, 0.4) is 0 Å². The third-order valence-electron chi connectivity index (χ3n) is 1.48. The summed E-state index contributed by atoms with van der Waals surface area (Å²) in [5.41, 5.74) is 1.67. The largest absolute Gasteiger partial charge is 1.00 e. The van der Waals surface area contributed by atoms with Crippen molar-refractivity contribution in [1.29, 1.82) is 5.39 Å². The van der Waals surface area contributed by atoms with Gasteiger partial charge in [0, 0.05) is 31.9 Å². The van der Waals surface area contributed by atoms with Crippen LogP contribution in [-0.4, -0.2) is 14.1 Å². The predicted molar refractivity (Wildman–Crippen MR) is 45.5 cm³/mol. The second-order valence-electron chi connectivity index (χ2n) is 2.51. The van der Waals surface area contributed by atoms with Gasteiger partial charge in [-0.25, -0.2) is 0 Å². The van der Waals surface area contributed by atoms with E-state index in [1.807, 2.05) is 31.1 Å². The van der Waals surface area contributed by atoms with Crippen molar-refractivity contribution >= 4 is 11.4 Å². The molecule has 0 saturated heterocycles. The summed E-state index contributed by atoms with van der Waals surface area (Å²) in [6.07, 6.45) is 0. The van der Waals surface area contributed by atoms with E-state index in [0.717, 1.165) is 5.69 Å².